The number of carbonyl (C=O) groups excluding carboxylic acids is 2. The molecule has 1 saturated carbocycles. The number of halogens is 4. The number of nitrogens with zero attached hydrogens (tertiary/aromatic N) is 5. The van der Waals surface area contributed by atoms with Crippen LogP contribution in [-0.4, -0.2) is 55.9 Å². The maximum absolute atomic E-state index is 12.7. The van der Waals surface area contributed by atoms with Crippen LogP contribution in [0.1, 0.15) is 51.7 Å². The van der Waals surface area contributed by atoms with E-state index in [9.17, 15) is 22.8 Å². The normalized spacial score (nSPS) is 14.5. The van der Waals surface area contributed by atoms with E-state index in [0.717, 1.165) is 36.3 Å². The van der Waals surface area contributed by atoms with Crippen LogP contribution in [0.25, 0.3) is 5.13 Å². The molecule has 0 radical (unpaired) electrons. The van der Waals surface area contributed by atoms with Crippen LogP contribution >= 0.6 is 22.9 Å². The van der Waals surface area contributed by atoms with E-state index in [4.69, 9.17) is 11.6 Å². The molecule has 180 valence electrons. The van der Waals surface area contributed by atoms with E-state index in [1.165, 1.54) is 23.3 Å². The van der Waals surface area contributed by atoms with E-state index < -0.39 is 24.1 Å². The summed E-state index contributed by atoms with van der Waals surface area (Å²) in [6.07, 6.45) is -0.233. The van der Waals surface area contributed by atoms with Crippen molar-refractivity contribution in [2.45, 2.75) is 38.2 Å². The van der Waals surface area contributed by atoms with Gasteiger partial charge in [0, 0.05) is 23.7 Å². The fourth-order valence-corrected chi connectivity index (χ4v) is 4.28. The zero-order valence-corrected chi connectivity index (χ0v) is 19.4. The van der Waals surface area contributed by atoms with Crippen molar-refractivity contribution in [3.05, 3.63) is 52.0 Å². The summed E-state index contributed by atoms with van der Waals surface area (Å²) in [5.74, 6) is -1.13. The first kappa shape index (κ1) is 24.0. The van der Waals surface area contributed by atoms with Gasteiger partial charge in [-0.1, -0.05) is 22.9 Å². The Morgan fingerprint density at radius 2 is 2.03 bits per heavy atom. The first-order chi connectivity index (χ1) is 16.0. The lowest BCUT2D eigenvalue weighted by Gasteiger charge is -2.15. The van der Waals surface area contributed by atoms with Gasteiger partial charge in [-0.2, -0.15) is 9.78 Å². The number of hydrogen-bond donors (Lipinski definition) is 1. The minimum Gasteiger partial charge on any atom is -0.406 e. The Hall–Kier alpha value is -3.19. The number of rotatable bonds is 7. The molecule has 1 fully saturated rings. The lowest BCUT2D eigenvalue weighted by molar-refractivity contribution is -0.274. The van der Waals surface area contributed by atoms with E-state index in [2.05, 4.69) is 25.1 Å². The molecule has 4 rings (SSSR count). The second-order valence-electron chi connectivity index (χ2n) is 7.60. The Bertz CT molecular complexity index is 1230. The molecule has 1 atom stereocenters. The highest BCUT2D eigenvalue weighted by atomic mass is 35.5. The quantitative estimate of drug-likeness (QED) is 0.511. The van der Waals surface area contributed by atoms with Gasteiger partial charge in [0.15, 0.2) is 5.82 Å². The van der Waals surface area contributed by atoms with Crippen molar-refractivity contribution in [3.8, 4) is 10.9 Å². The van der Waals surface area contributed by atoms with Crippen LogP contribution in [0, 0.1) is 0 Å². The molecule has 34 heavy (non-hydrogen) atoms. The topological polar surface area (TPSA) is 102 Å². The fraction of sp³-hybridized carbons (Fsp3) is 0.350. The summed E-state index contributed by atoms with van der Waals surface area (Å²) in [6.45, 7) is 1.62. The lowest BCUT2D eigenvalue weighted by Crippen LogP contribution is -2.29. The molecule has 3 aromatic rings. The first-order valence-electron chi connectivity index (χ1n) is 10.0. The van der Waals surface area contributed by atoms with Crippen molar-refractivity contribution >= 4 is 34.8 Å². The minimum atomic E-state index is -4.93. The SMILES string of the molecule is C[C@H](NC(=O)c1cc(Cl)cc(OC(F)(F)F)c1)c1ncnn1-c1ncc(C(=O)N(C)C2CC2)s1. The van der Waals surface area contributed by atoms with Gasteiger partial charge in [-0.3, -0.25) is 9.59 Å². The smallest absolute Gasteiger partial charge is 0.406 e. The van der Waals surface area contributed by atoms with E-state index in [1.807, 2.05) is 0 Å². The van der Waals surface area contributed by atoms with Crippen LogP contribution in [0.15, 0.2) is 30.7 Å². The summed E-state index contributed by atoms with van der Waals surface area (Å²) in [5.41, 5.74) is -0.130. The number of thiazole rings is 1. The third-order valence-corrected chi connectivity index (χ3v) is 6.16. The number of aromatic nitrogens is 4. The molecular weight excluding hydrogens is 497 g/mol. The van der Waals surface area contributed by atoms with Gasteiger partial charge in [-0.25, -0.2) is 9.97 Å². The van der Waals surface area contributed by atoms with Gasteiger partial charge in [-0.05, 0) is 38.0 Å². The number of benzene rings is 1. The molecule has 0 saturated heterocycles. The maximum atomic E-state index is 12.7. The molecule has 1 aliphatic rings. The highest BCUT2D eigenvalue weighted by molar-refractivity contribution is 7.16. The Morgan fingerprint density at radius 1 is 1.29 bits per heavy atom. The Kier molecular flexibility index (Phi) is 6.49. The van der Waals surface area contributed by atoms with Gasteiger partial charge in [0.25, 0.3) is 11.8 Å². The molecule has 2 heterocycles. The molecule has 2 amide bonds. The number of amides is 2. The Balaban J connectivity index is 1.50. The van der Waals surface area contributed by atoms with Crippen LogP contribution in [0.5, 0.6) is 5.75 Å². The largest absolute Gasteiger partial charge is 0.573 e. The molecule has 1 aliphatic carbocycles. The first-order valence-corrected chi connectivity index (χ1v) is 11.2. The van der Waals surface area contributed by atoms with Gasteiger partial charge < -0.3 is 15.0 Å². The van der Waals surface area contributed by atoms with Gasteiger partial charge in [0.1, 0.15) is 17.0 Å². The average molecular weight is 515 g/mol. The molecule has 1 N–H and O–H groups in total. The van der Waals surface area contributed by atoms with E-state index in [0.29, 0.717) is 15.8 Å². The summed E-state index contributed by atoms with van der Waals surface area (Å²) in [6, 6.07) is 2.64. The molecule has 0 aliphatic heterocycles. The van der Waals surface area contributed by atoms with Crippen molar-refractivity contribution in [2.75, 3.05) is 7.05 Å². The number of alkyl halides is 3. The lowest BCUT2D eigenvalue weighted by atomic mass is 10.2. The predicted molar refractivity (Wildman–Crippen MR) is 116 cm³/mol. The maximum Gasteiger partial charge on any atom is 0.573 e. The molecule has 14 heteroatoms. The number of hydrogen-bond acceptors (Lipinski definition) is 7. The summed E-state index contributed by atoms with van der Waals surface area (Å²) < 4.78 is 42.8. The average Bonchev–Trinajstić information content (AvgIpc) is 3.28. The summed E-state index contributed by atoms with van der Waals surface area (Å²) in [5, 5.41) is 7.05. The Morgan fingerprint density at radius 3 is 2.71 bits per heavy atom. The van der Waals surface area contributed by atoms with Crippen molar-refractivity contribution in [1.82, 2.24) is 30.0 Å². The predicted octanol–water partition coefficient (Wildman–Crippen LogP) is 4.00. The highest BCUT2D eigenvalue weighted by Crippen LogP contribution is 2.29. The third-order valence-electron chi connectivity index (χ3n) is 4.98. The molecule has 0 bridgehead atoms. The van der Waals surface area contributed by atoms with Crippen molar-refractivity contribution in [2.24, 2.45) is 0 Å². The Labute approximate surface area is 200 Å². The molecule has 0 spiro atoms. The van der Waals surface area contributed by atoms with Crippen LogP contribution in [-0.2, 0) is 0 Å². The fourth-order valence-electron chi connectivity index (χ4n) is 3.19. The molecule has 0 unspecified atom stereocenters. The summed E-state index contributed by atoms with van der Waals surface area (Å²) in [4.78, 5) is 35.8. The van der Waals surface area contributed by atoms with E-state index in [1.54, 1.807) is 18.9 Å². The van der Waals surface area contributed by atoms with E-state index >= 15 is 0 Å². The van der Waals surface area contributed by atoms with E-state index in [-0.39, 0.29) is 22.5 Å². The number of nitrogens with one attached hydrogen (secondary N) is 1. The zero-order chi connectivity index (χ0) is 24.6. The van der Waals surface area contributed by atoms with Crippen molar-refractivity contribution in [1.29, 1.82) is 0 Å². The minimum absolute atomic E-state index is 0.0983. The monoisotopic (exact) mass is 514 g/mol. The second kappa shape index (κ2) is 9.22. The van der Waals surface area contributed by atoms with Gasteiger partial charge in [0.2, 0.25) is 5.13 Å². The third kappa shape index (κ3) is 5.47. The summed E-state index contributed by atoms with van der Waals surface area (Å²) >= 11 is 6.98. The van der Waals surface area contributed by atoms with Crippen LogP contribution in [0.2, 0.25) is 5.02 Å². The van der Waals surface area contributed by atoms with Crippen LogP contribution in [0.4, 0.5) is 13.2 Å². The van der Waals surface area contributed by atoms with Crippen LogP contribution in [0.3, 0.4) is 0 Å². The van der Waals surface area contributed by atoms with Gasteiger partial charge in [-0.15, -0.1) is 13.2 Å². The molecule has 9 nitrogen and oxygen atoms in total. The van der Waals surface area contributed by atoms with Crippen molar-refractivity contribution in [3.63, 3.8) is 0 Å². The molecule has 1 aromatic carbocycles. The highest BCUT2D eigenvalue weighted by Gasteiger charge is 2.32. The second-order valence-corrected chi connectivity index (χ2v) is 9.05. The van der Waals surface area contributed by atoms with Crippen LogP contribution < -0.4 is 10.1 Å². The van der Waals surface area contributed by atoms with Gasteiger partial charge >= 0.3 is 6.36 Å². The standard InChI is InChI=1S/C20H18ClF3N6O3S/c1-10(28-17(31)11-5-12(21)7-14(6-11)33-20(22,23)24)16-26-9-27-30(16)19-25-8-15(34-19)18(32)29(2)13-3-4-13/h5-10,13H,3-4H2,1-2H3,(H,28,31)/t10-/m0/s1. The van der Waals surface area contributed by atoms with Crippen molar-refractivity contribution < 1.29 is 27.5 Å². The summed E-state index contributed by atoms with van der Waals surface area (Å²) in [7, 11) is 1.75. The zero-order valence-electron chi connectivity index (χ0n) is 17.8. The molecule has 2 aromatic heterocycles. The number of ether oxygens (including phenoxy) is 1. The van der Waals surface area contributed by atoms with Gasteiger partial charge in [0.05, 0.1) is 12.2 Å². The molecular formula is C20H18ClF3N6O3S. The number of carbonyl (C=O) groups is 2.